The van der Waals surface area contributed by atoms with Crippen molar-refractivity contribution >= 4 is 87.9 Å². The van der Waals surface area contributed by atoms with E-state index in [1.165, 1.54) is 42.5 Å². The summed E-state index contributed by atoms with van der Waals surface area (Å²) in [5.41, 5.74) is 1.08. The monoisotopic (exact) mass is 601 g/mol. The molecule has 204 valence electrons. The predicted molar refractivity (Wildman–Crippen MR) is 183 cm³/mol. The van der Waals surface area contributed by atoms with E-state index >= 15 is 0 Å². The van der Waals surface area contributed by atoms with Crippen LogP contribution in [0.4, 0.5) is 0 Å². The van der Waals surface area contributed by atoms with E-state index < -0.39 is 7.12 Å². The Morgan fingerprint density at radius 1 is 0.548 bits per heavy atom. The van der Waals surface area contributed by atoms with Gasteiger partial charge >= 0.3 is 7.12 Å². The third-order valence-electron chi connectivity index (χ3n) is 6.77. The van der Waals surface area contributed by atoms with Crippen LogP contribution in [-0.2, 0) is 0 Å². The number of fused-ring (bicyclic) bond motifs is 4. The zero-order valence-electron chi connectivity index (χ0n) is 22.4. The van der Waals surface area contributed by atoms with Gasteiger partial charge in [-0.15, -0.1) is 22.7 Å². The Hall–Kier alpha value is -4.04. The SMILES string of the molecule is Clc1cccc2ccccc12.OB(O)c1cc2ccccc2s1.c1ccc2sc(-c3nccc4ccccc34)cc2c1. The van der Waals surface area contributed by atoms with E-state index in [0.29, 0.717) is 4.78 Å². The molecule has 0 aliphatic rings. The number of hydrogen-bond acceptors (Lipinski definition) is 5. The maximum Gasteiger partial charge on any atom is 0.499 e. The summed E-state index contributed by atoms with van der Waals surface area (Å²) in [4.78, 5) is 5.82. The molecule has 0 atom stereocenters. The zero-order valence-corrected chi connectivity index (χ0v) is 24.8. The van der Waals surface area contributed by atoms with Gasteiger partial charge in [0.1, 0.15) is 0 Å². The van der Waals surface area contributed by atoms with Crippen LogP contribution in [0, 0.1) is 0 Å². The number of pyridine rings is 1. The zero-order chi connectivity index (χ0) is 28.9. The fourth-order valence-electron chi connectivity index (χ4n) is 4.73. The van der Waals surface area contributed by atoms with E-state index in [2.05, 4.69) is 77.8 Å². The largest absolute Gasteiger partial charge is 0.499 e. The third kappa shape index (κ3) is 6.24. The molecular formula is C35H25BClNO2S2. The summed E-state index contributed by atoms with van der Waals surface area (Å²) in [6, 6.07) is 44.8. The number of nitrogens with zero attached hydrogens (tertiary/aromatic N) is 1. The molecule has 42 heavy (non-hydrogen) atoms. The highest BCUT2D eigenvalue weighted by molar-refractivity contribution is 7.27. The number of halogens is 1. The highest BCUT2D eigenvalue weighted by atomic mass is 35.5. The van der Waals surface area contributed by atoms with Crippen LogP contribution < -0.4 is 4.78 Å². The van der Waals surface area contributed by atoms with Crippen LogP contribution in [0.1, 0.15) is 0 Å². The standard InChI is InChI=1S/C17H11NS.C10H7Cl.C8H7BO2S/c1-3-7-14-12(5-1)9-10-18-17(14)16-11-13-6-2-4-8-15(13)19-16;11-10-7-3-5-8-4-1-2-6-9(8)10;10-9(11)8-5-6-3-1-2-4-7(6)12-8/h1-11H;1-7H;1-5,10-11H. The Kier molecular flexibility index (Phi) is 8.61. The lowest BCUT2D eigenvalue weighted by atomic mass is 9.89. The third-order valence-corrected chi connectivity index (χ3v) is 9.38. The Bertz CT molecular complexity index is 2050. The maximum absolute atomic E-state index is 8.89. The van der Waals surface area contributed by atoms with Gasteiger partial charge in [0, 0.05) is 36.2 Å². The molecule has 8 aromatic rings. The molecule has 0 saturated heterocycles. The van der Waals surface area contributed by atoms with Crippen LogP contribution in [0.15, 0.2) is 140 Å². The van der Waals surface area contributed by atoms with Crippen LogP contribution >= 0.6 is 34.3 Å². The van der Waals surface area contributed by atoms with Gasteiger partial charge in [0.25, 0.3) is 0 Å². The van der Waals surface area contributed by atoms with Gasteiger partial charge in [0.05, 0.1) is 10.6 Å². The van der Waals surface area contributed by atoms with Crippen molar-refractivity contribution in [3.8, 4) is 10.6 Å². The molecule has 0 radical (unpaired) electrons. The number of hydrogen-bond donors (Lipinski definition) is 2. The molecule has 3 heterocycles. The fraction of sp³-hybridized carbons (Fsp3) is 0. The minimum Gasteiger partial charge on any atom is -0.423 e. The quantitative estimate of drug-likeness (QED) is 0.194. The summed E-state index contributed by atoms with van der Waals surface area (Å²) in [5, 5.41) is 25.7. The van der Waals surface area contributed by atoms with E-state index in [1.54, 1.807) is 17.4 Å². The summed E-state index contributed by atoms with van der Waals surface area (Å²) in [6.45, 7) is 0. The van der Waals surface area contributed by atoms with Crippen molar-refractivity contribution in [3.63, 3.8) is 0 Å². The van der Waals surface area contributed by atoms with Gasteiger partial charge in [-0.1, -0.05) is 109 Å². The van der Waals surface area contributed by atoms with Crippen molar-refractivity contribution < 1.29 is 10.0 Å². The molecule has 0 unspecified atom stereocenters. The van der Waals surface area contributed by atoms with Crippen molar-refractivity contribution in [2.24, 2.45) is 0 Å². The van der Waals surface area contributed by atoms with Gasteiger partial charge in [-0.2, -0.15) is 0 Å². The molecule has 3 aromatic heterocycles. The second-order valence-corrected chi connectivity index (χ2v) is 12.2. The average Bonchev–Trinajstić information content (AvgIpc) is 3.67. The highest BCUT2D eigenvalue weighted by Gasteiger charge is 2.13. The van der Waals surface area contributed by atoms with E-state index in [9.17, 15) is 0 Å². The Morgan fingerprint density at radius 3 is 1.74 bits per heavy atom. The van der Waals surface area contributed by atoms with Crippen molar-refractivity contribution in [3.05, 3.63) is 145 Å². The molecular weight excluding hydrogens is 577 g/mol. The lowest BCUT2D eigenvalue weighted by Crippen LogP contribution is -2.26. The van der Waals surface area contributed by atoms with E-state index in [0.717, 1.165) is 26.2 Å². The highest BCUT2D eigenvalue weighted by Crippen LogP contribution is 2.35. The first kappa shape index (κ1) is 28.1. The fourth-order valence-corrected chi connectivity index (χ4v) is 6.99. The molecule has 5 aromatic carbocycles. The van der Waals surface area contributed by atoms with Gasteiger partial charge in [-0.25, -0.2) is 0 Å². The smallest absolute Gasteiger partial charge is 0.423 e. The molecule has 8 rings (SSSR count). The van der Waals surface area contributed by atoms with Crippen LogP contribution in [0.25, 0.3) is 52.3 Å². The lowest BCUT2D eigenvalue weighted by molar-refractivity contribution is 0.427. The van der Waals surface area contributed by atoms with Crippen molar-refractivity contribution in [1.29, 1.82) is 0 Å². The van der Waals surface area contributed by atoms with Crippen molar-refractivity contribution in [2.75, 3.05) is 0 Å². The summed E-state index contributed by atoms with van der Waals surface area (Å²) in [6.07, 6.45) is 1.89. The molecule has 0 bridgehead atoms. The summed E-state index contributed by atoms with van der Waals surface area (Å²) < 4.78 is 2.99. The second-order valence-electron chi connectivity index (χ2n) is 9.55. The van der Waals surface area contributed by atoms with Crippen LogP contribution in [0.3, 0.4) is 0 Å². The number of benzene rings is 5. The second kappa shape index (κ2) is 12.9. The van der Waals surface area contributed by atoms with E-state index in [-0.39, 0.29) is 0 Å². The van der Waals surface area contributed by atoms with Gasteiger partial charge in [-0.3, -0.25) is 4.98 Å². The molecule has 0 aliphatic heterocycles. The molecule has 0 fully saturated rings. The first-order chi connectivity index (χ1) is 20.6. The van der Waals surface area contributed by atoms with Gasteiger partial charge < -0.3 is 10.0 Å². The minimum absolute atomic E-state index is 0.594. The predicted octanol–water partition coefficient (Wildman–Crippen LogP) is 9.19. The Balaban J connectivity index is 0.000000119. The van der Waals surface area contributed by atoms with E-state index in [1.807, 2.05) is 60.8 Å². The van der Waals surface area contributed by atoms with Crippen LogP contribution in [0.5, 0.6) is 0 Å². The van der Waals surface area contributed by atoms with Crippen molar-refractivity contribution in [2.45, 2.75) is 0 Å². The summed E-state index contributed by atoms with van der Waals surface area (Å²) in [7, 11) is -1.35. The molecule has 0 spiro atoms. The Morgan fingerprint density at radius 2 is 1.10 bits per heavy atom. The minimum atomic E-state index is -1.35. The molecule has 7 heteroatoms. The van der Waals surface area contributed by atoms with Crippen LogP contribution in [-0.4, -0.2) is 22.2 Å². The van der Waals surface area contributed by atoms with E-state index in [4.69, 9.17) is 21.6 Å². The summed E-state index contributed by atoms with van der Waals surface area (Å²) >= 11 is 9.17. The van der Waals surface area contributed by atoms with Gasteiger partial charge in [-0.05, 0) is 57.9 Å². The van der Waals surface area contributed by atoms with Crippen molar-refractivity contribution in [1.82, 2.24) is 4.98 Å². The number of aromatic nitrogens is 1. The van der Waals surface area contributed by atoms with Gasteiger partial charge in [0.2, 0.25) is 0 Å². The first-order valence-corrected chi connectivity index (χ1v) is 15.4. The average molecular weight is 602 g/mol. The maximum atomic E-state index is 8.89. The first-order valence-electron chi connectivity index (χ1n) is 13.4. The normalized spacial score (nSPS) is 10.7. The Labute approximate surface area is 257 Å². The lowest BCUT2D eigenvalue weighted by Gasteiger charge is -2.02. The topological polar surface area (TPSA) is 53.4 Å². The summed E-state index contributed by atoms with van der Waals surface area (Å²) in [5.74, 6) is 0. The molecule has 0 amide bonds. The molecule has 3 nitrogen and oxygen atoms in total. The molecule has 2 N–H and O–H groups in total. The molecule has 0 saturated carbocycles. The number of rotatable bonds is 2. The number of thiophene rings is 2. The van der Waals surface area contributed by atoms with Gasteiger partial charge in [0.15, 0.2) is 0 Å². The molecule has 0 aliphatic carbocycles. The van der Waals surface area contributed by atoms with Crippen LogP contribution in [0.2, 0.25) is 5.02 Å².